The molecule has 0 unspecified atom stereocenters. The second kappa shape index (κ2) is 7.10. The minimum absolute atomic E-state index is 0.189. The largest absolute Gasteiger partial charge is 0.475 e. The molecule has 0 aromatic carbocycles. The number of anilines is 1. The quantitative estimate of drug-likeness (QED) is 0.616. The zero-order chi connectivity index (χ0) is 14.3. The summed E-state index contributed by atoms with van der Waals surface area (Å²) in [5.74, 6) is -0.945. The van der Waals surface area contributed by atoms with Crippen molar-refractivity contribution in [3.8, 4) is 5.88 Å². The molecule has 0 atom stereocenters. The van der Waals surface area contributed by atoms with Crippen LogP contribution in [0.3, 0.4) is 0 Å². The number of nitrogens with zero attached hydrogens (tertiary/aromatic N) is 2. The number of halogens is 4. The number of nitrogens with one attached hydrogen (secondary N) is 1. The Balaban J connectivity index is 2.47. The summed E-state index contributed by atoms with van der Waals surface area (Å²) in [5.41, 5.74) is 0. The highest BCUT2D eigenvalue weighted by Crippen LogP contribution is 2.22. The van der Waals surface area contributed by atoms with Gasteiger partial charge in [-0.1, -0.05) is 6.92 Å². The summed E-state index contributed by atoms with van der Waals surface area (Å²) in [4.78, 5) is 7.43. The third kappa shape index (κ3) is 6.21. The summed E-state index contributed by atoms with van der Waals surface area (Å²) in [6, 6.07) is 0. The van der Waals surface area contributed by atoms with Gasteiger partial charge in [-0.2, -0.15) is 22.5 Å². The van der Waals surface area contributed by atoms with Crippen LogP contribution < -0.4 is 10.1 Å². The van der Waals surface area contributed by atoms with E-state index in [1.807, 2.05) is 6.92 Å². The predicted molar refractivity (Wildman–Crippen MR) is 61.6 cm³/mol. The van der Waals surface area contributed by atoms with Crippen LogP contribution in [0.25, 0.3) is 0 Å². The molecule has 0 saturated heterocycles. The Hall–Kier alpha value is -1.60. The van der Waals surface area contributed by atoms with Crippen molar-refractivity contribution in [2.45, 2.75) is 32.4 Å². The van der Waals surface area contributed by atoms with Gasteiger partial charge in [-0.3, -0.25) is 0 Å². The number of alkyl halides is 3. The van der Waals surface area contributed by atoms with Crippen LogP contribution in [0.5, 0.6) is 5.88 Å². The molecule has 0 radical (unpaired) electrons. The normalized spacial score (nSPS) is 11.4. The lowest BCUT2D eigenvalue weighted by Crippen LogP contribution is -2.11. The van der Waals surface area contributed by atoms with Gasteiger partial charge < -0.3 is 10.1 Å². The first-order valence-electron chi connectivity index (χ1n) is 5.88. The number of rotatable bonds is 7. The van der Waals surface area contributed by atoms with Crippen molar-refractivity contribution in [1.29, 1.82) is 0 Å². The number of hydrogen-bond donors (Lipinski definition) is 1. The molecule has 4 nitrogen and oxygen atoms in total. The fourth-order valence-electron chi connectivity index (χ4n) is 1.22. The Morgan fingerprint density at radius 2 is 2.11 bits per heavy atom. The van der Waals surface area contributed by atoms with Gasteiger partial charge in [0.25, 0.3) is 5.88 Å². The molecule has 0 aliphatic heterocycles. The second-order valence-electron chi connectivity index (χ2n) is 3.84. The van der Waals surface area contributed by atoms with E-state index in [-0.39, 0.29) is 24.9 Å². The molecule has 1 aromatic rings. The number of hydrogen-bond acceptors (Lipinski definition) is 4. The zero-order valence-electron chi connectivity index (χ0n) is 10.4. The molecule has 1 heterocycles. The summed E-state index contributed by atoms with van der Waals surface area (Å²) in [7, 11) is 0. The van der Waals surface area contributed by atoms with Gasteiger partial charge in [0.2, 0.25) is 11.8 Å². The molecule has 0 spiro atoms. The highest BCUT2D eigenvalue weighted by atomic mass is 19.4. The lowest BCUT2D eigenvalue weighted by molar-refractivity contribution is -0.136. The summed E-state index contributed by atoms with van der Waals surface area (Å²) in [6.45, 7) is 2.30. The highest BCUT2D eigenvalue weighted by Gasteiger charge is 2.26. The number of ether oxygens (including phenoxy) is 1. The van der Waals surface area contributed by atoms with Crippen molar-refractivity contribution in [1.82, 2.24) is 9.97 Å². The average molecular weight is 281 g/mol. The molecule has 0 saturated carbocycles. The molecule has 1 aromatic heterocycles. The van der Waals surface area contributed by atoms with Crippen molar-refractivity contribution in [3.63, 3.8) is 0 Å². The van der Waals surface area contributed by atoms with Crippen molar-refractivity contribution in [3.05, 3.63) is 12.0 Å². The maximum absolute atomic E-state index is 13.3. The van der Waals surface area contributed by atoms with Crippen LogP contribution in [0, 0.1) is 5.82 Å². The lowest BCUT2D eigenvalue weighted by atomic mass is 10.3. The maximum atomic E-state index is 13.3. The van der Waals surface area contributed by atoms with Crippen LogP contribution >= 0.6 is 0 Å². The topological polar surface area (TPSA) is 47.0 Å². The first-order valence-corrected chi connectivity index (χ1v) is 5.88. The van der Waals surface area contributed by atoms with Gasteiger partial charge in [-0.25, -0.2) is 4.98 Å². The van der Waals surface area contributed by atoms with Crippen LogP contribution in [-0.2, 0) is 0 Å². The average Bonchev–Trinajstić information content (AvgIpc) is 2.33. The van der Waals surface area contributed by atoms with Crippen LogP contribution in [0.2, 0.25) is 0 Å². The minimum atomic E-state index is -4.23. The summed E-state index contributed by atoms with van der Waals surface area (Å²) >= 11 is 0. The first-order chi connectivity index (χ1) is 8.92. The zero-order valence-corrected chi connectivity index (χ0v) is 10.4. The summed E-state index contributed by atoms with van der Waals surface area (Å²) in [5, 5.41) is 2.83. The van der Waals surface area contributed by atoms with Gasteiger partial charge in [0.05, 0.1) is 12.8 Å². The van der Waals surface area contributed by atoms with Crippen LogP contribution in [-0.4, -0.2) is 29.3 Å². The molecule has 1 N–H and O–H groups in total. The van der Waals surface area contributed by atoms with Gasteiger partial charge >= 0.3 is 6.18 Å². The SMILES string of the molecule is CCCNc1ncc(F)c(OCCCC(F)(F)F)n1. The molecule has 8 heteroatoms. The van der Waals surface area contributed by atoms with E-state index in [9.17, 15) is 17.6 Å². The van der Waals surface area contributed by atoms with E-state index in [2.05, 4.69) is 15.3 Å². The molecule has 19 heavy (non-hydrogen) atoms. The molecule has 0 aliphatic rings. The van der Waals surface area contributed by atoms with Crippen molar-refractivity contribution in [2.24, 2.45) is 0 Å². The smallest absolute Gasteiger partial charge is 0.389 e. The van der Waals surface area contributed by atoms with E-state index in [1.165, 1.54) is 0 Å². The van der Waals surface area contributed by atoms with Gasteiger partial charge in [0.15, 0.2) is 0 Å². The molecule has 0 amide bonds. The fourth-order valence-corrected chi connectivity index (χ4v) is 1.22. The van der Waals surface area contributed by atoms with Crippen LogP contribution in [0.15, 0.2) is 6.20 Å². The number of aromatic nitrogens is 2. The predicted octanol–water partition coefficient (Wildman–Crippen LogP) is 3.16. The molecule has 0 aliphatic carbocycles. The van der Waals surface area contributed by atoms with Gasteiger partial charge in [-0.05, 0) is 12.8 Å². The Bertz CT molecular complexity index is 398. The van der Waals surface area contributed by atoms with Crippen molar-refractivity contribution in [2.75, 3.05) is 18.5 Å². The van der Waals surface area contributed by atoms with E-state index in [0.29, 0.717) is 6.54 Å². The van der Waals surface area contributed by atoms with Crippen molar-refractivity contribution < 1.29 is 22.3 Å². The standard InChI is InChI=1S/C11H15F4N3O/c1-2-5-16-10-17-7-8(12)9(18-10)19-6-3-4-11(13,14)15/h7H,2-6H2,1H3,(H,16,17,18). The summed E-state index contributed by atoms with van der Waals surface area (Å²) in [6.07, 6.45) is -3.70. The first kappa shape index (κ1) is 15.5. The Morgan fingerprint density at radius 3 is 2.74 bits per heavy atom. The molecule has 0 bridgehead atoms. The van der Waals surface area contributed by atoms with E-state index in [0.717, 1.165) is 12.6 Å². The van der Waals surface area contributed by atoms with Gasteiger partial charge in [0.1, 0.15) is 0 Å². The van der Waals surface area contributed by atoms with E-state index in [4.69, 9.17) is 4.74 Å². The Kier molecular flexibility index (Phi) is 5.78. The maximum Gasteiger partial charge on any atom is 0.389 e. The summed E-state index contributed by atoms with van der Waals surface area (Å²) < 4.78 is 53.8. The Morgan fingerprint density at radius 1 is 1.37 bits per heavy atom. The van der Waals surface area contributed by atoms with Crippen LogP contribution in [0.1, 0.15) is 26.2 Å². The lowest BCUT2D eigenvalue weighted by Gasteiger charge is -2.09. The fraction of sp³-hybridized carbons (Fsp3) is 0.636. The molecule has 1 rings (SSSR count). The molecular formula is C11H15F4N3O. The third-order valence-electron chi connectivity index (χ3n) is 2.09. The van der Waals surface area contributed by atoms with Crippen molar-refractivity contribution >= 4 is 5.95 Å². The monoisotopic (exact) mass is 281 g/mol. The van der Waals surface area contributed by atoms with Gasteiger partial charge in [-0.15, -0.1) is 0 Å². The minimum Gasteiger partial charge on any atom is -0.475 e. The third-order valence-corrected chi connectivity index (χ3v) is 2.09. The van der Waals surface area contributed by atoms with Gasteiger partial charge in [0, 0.05) is 13.0 Å². The molecule has 108 valence electrons. The van der Waals surface area contributed by atoms with E-state index >= 15 is 0 Å². The highest BCUT2D eigenvalue weighted by molar-refractivity contribution is 5.28. The van der Waals surface area contributed by atoms with E-state index in [1.54, 1.807) is 0 Å². The molecular weight excluding hydrogens is 266 g/mol. The second-order valence-corrected chi connectivity index (χ2v) is 3.84. The van der Waals surface area contributed by atoms with Crippen LogP contribution in [0.4, 0.5) is 23.5 Å². The Labute approximate surface area is 108 Å². The molecule has 0 fully saturated rings. The van der Waals surface area contributed by atoms with E-state index < -0.39 is 18.4 Å².